The molecule has 21 heavy (non-hydrogen) atoms. The number of nitrogens with one attached hydrogen (secondary N) is 1. The summed E-state index contributed by atoms with van der Waals surface area (Å²) < 4.78 is 7.69. The second-order valence-corrected chi connectivity index (χ2v) is 6.38. The van der Waals surface area contributed by atoms with Crippen LogP contribution in [0.3, 0.4) is 0 Å². The van der Waals surface area contributed by atoms with Gasteiger partial charge in [-0.15, -0.1) is 0 Å². The van der Waals surface area contributed by atoms with Crippen molar-refractivity contribution in [2.45, 2.75) is 65.5 Å². The van der Waals surface area contributed by atoms with Crippen molar-refractivity contribution in [1.82, 2.24) is 15.1 Å². The zero-order valence-electron chi connectivity index (χ0n) is 14.1. The highest BCUT2D eigenvalue weighted by molar-refractivity contribution is 5.29. The zero-order valence-corrected chi connectivity index (χ0v) is 14.1. The Morgan fingerprint density at radius 3 is 2.86 bits per heavy atom. The monoisotopic (exact) mass is 293 g/mol. The van der Waals surface area contributed by atoms with Gasteiger partial charge in [0.1, 0.15) is 0 Å². The van der Waals surface area contributed by atoms with Crippen LogP contribution in [0.5, 0.6) is 5.75 Å². The molecular weight excluding hydrogens is 262 g/mol. The number of methoxy groups -OCH3 is 1. The second-order valence-electron chi connectivity index (χ2n) is 6.38. The lowest BCUT2D eigenvalue weighted by molar-refractivity contribution is 0.213. The molecule has 4 heteroatoms. The van der Waals surface area contributed by atoms with Crippen LogP contribution < -0.4 is 10.1 Å². The third kappa shape index (κ3) is 3.79. The molecule has 0 bridgehead atoms. The predicted octanol–water partition coefficient (Wildman–Crippen LogP) is 3.78. The Balaban J connectivity index is 2.28. The molecule has 1 N–H and O–H groups in total. The Labute approximate surface area is 129 Å². The van der Waals surface area contributed by atoms with E-state index < -0.39 is 0 Å². The second kappa shape index (κ2) is 7.83. The standard InChI is InChI=1S/C17H31N3O/c1-5-10-18-16(14-9-7-8-13(3)11-14)17-15(21-4)12-19-20(17)6-2/h12-14,16,18H,5-11H2,1-4H3. The average Bonchev–Trinajstić information content (AvgIpc) is 2.91. The first-order valence-corrected chi connectivity index (χ1v) is 8.54. The number of ether oxygens (including phenoxy) is 1. The van der Waals surface area contributed by atoms with Gasteiger partial charge >= 0.3 is 0 Å². The van der Waals surface area contributed by atoms with Gasteiger partial charge in [-0.25, -0.2) is 0 Å². The van der Waals surface area contributed by atoms with Gasteiger partial charge in [-0.05, 0) is 44.6 Å². The first kappa shape index (κ1) is 16.3. The number of aromatic nitrogens is 2. The van der Waals surface area contributed by atoms with Crippen molar-refractivity contribution < 1.29 is 4.74 Å². The molecule has 2 rings (SSSR count). The lowest BCUT2D eigenvalue weighted by atomic mass is 9.77. The van der Waals surface area contributed by atoms with E-state index in [-0.39, 0.29) is 0 Å². The van der Waals surface area contributed by atoms with Gasteiger partial charge in [0.2, 0.25) is 0 Å². The van der Waals surface area contributed by atoms with Crippen LogP contribution in [0.2, 0.25) is 0 Å². The maximum Gasteiger partial charge on any atom is 0.161 e. The van der Waals surface area contributed by atoms with Crippen LogP contribution in [-0.2, 0) is 6.54 Å². The summed E-state index contributed by atoms with van der Waals surface area (Å²) >= 11 is 0. The van der Waals surface area contributed by atoms with Gasteiger partial charge in [-0.1, -0.05) is 26.7 Å². The molecule has 4 nitrogen and oxygen atoms in total. The lowest BCUT2D eigenvalue weighted by Gasteiger charge is -2.34. The normalized spacial score (nSPS) is 24.0. The van der Waals surface area contributed by atoms with Gasteiger partial charge in [0.15, 0.2) is 5.75 Å². The third-order valence-electron chi connectivity index (χ3n) is 4.72. The Kier molecular flexibility index (Phi) is 6.09. The molecule has 0 aromatic carbocycles. The molecule has 1 saturated carbocycles. The summed E-state index contributed by atoms with van der Waals surface area (Å²) in [5.74, 6) is 2.46. The van der Waals surface area contributed by atoms with E-state index in [1.165, 1.54) is 31.4 Å². The molecule has 0 saturated heterocycles. The highest BCUT2D eigenvalue weighted by Gasteiger charge is 2.31. The Morgan fingerprint density at radius 2 is 2.24 bits per heavy atom. The minimum atomic E-state index is 0.366. The Bertz CT molecular complexity index is 408. The maximum atomic E-state index is 5.58. The molecule has 1 aromatic rings. The summed E-state index contributed by atoms with van der Waals surface area (Å²) in [6, 6.07) is 0.366. The van der Waals surface area contributed by atoms with Gasteiger partial charge < -0.3 is 10.1 Å². The summed E-state index contributed by atoms with van der Waals surface area (Å²) in [5, 5.41) is 8.27. The van der Waals surface area contributed by atoms with Crippen LogP contribution in [0.4, 0.5) is 0 Å². The molecule has 1 fully saturated rings. The van der Waals surface area contributed by atoms with Gasteiger partial charge in [0, 0.05) is 6.54 Å². The number of hydrogen-bond donors (Lipinski definition) is 1. The van der Waals surface area contributed by atoms with Crippen LogP contribution in [0.25, 0.3) is 0 Å². The smallest absolute Gasteiger partial charge is 0.161 e. The third-order valence-corrected chi connectivity index (χ3v) is 4.72. The van der Waals surface area contributed by atoms with E-state index in [0.29, 0.717) is 12.0 Å². The van der Waals surface area contributed by atoms with E-state index in [2.05, 4.69) is 35.9 Å². The number of aryl methyl sites for hydroxylation is 1. The molecule has 1 heterocycles. The van der Waals surface area contributed by atoms with Crippen molar-refractivity contribution in [3.8, 4) is 5.75 Å². The number of hydrogen-bond acceptors (Lipinski definition) is 3. The minimum Gasteiger partial charge on any atom is -0.493 e. The van der Waals surface area contributed by atoms with Crippen molar-refractivity contribution in [2.24, 2.45) is 11.8 Å². The molecule has 1 aliphatic rings. The summed E-state index contributed by atoms with van der Waals surface area (Å²) in [7, 11) is 1.75. The quantitative estimate of drug-likeness (QED) is 0.831. The van der Waals surface area contributed by atoms with Gasteiger partial charge in [0.25, 0.3) is 0 Å². The summed E-state index contributed by atoms with van der Waals surface area (Å²) in [6.07, 6.45) is 8.36. The highest BCUT2D eigenvalue weighted by Crippen LogP contribution is 2.39. The van der Waals surface area contributed by atoms with E-state index in [1.54, 1.807) is 7.11 Å². The van der Waals surface area contributed by atoms with Gasteiger partial charge in [0.05, 0.1) is 25.0 Å². The topological polar surface area (TPSA) is 39.1 Å². The van der Waals surface area contributed by atoms with Crippen molar-refractivity contribution in [2.75, 3.05) is 13.7 Å². The Morgan fingerprint density at radius 1 is 1.43 bits per heavy atom. The van der Waals surface area contributed by atoms with Crippen molar-refractivity contribution >= 4 is 0 Å². The molecule has 3 unspecified atom stereocenters. The van der Waals surface area contributed by atoms with Gasteiger partial charge in [-0.2, -0.15) is 5.10 Å². The Hall–Kier alpha value is -1.03. The van der Waals surface area contributed by atoms with Crippen LogP contribution in [0.15, 0.2) is 6.20 Å². The molecular formula is C17H31N3O. The van der Waals surface area contributed by atoms with E-state index >= 15 is 0 Å². The summed E-state index contributed by atoms with van der Waals surface area (Å²) in [4.78, 5) is 0. The van der Waals surface area contributed by atoms with Crippen LogP contribution in [0, 0.1) is 11.8 Å². The number of nitrogens with zero attached hydrogens (tertiary/aromatic N) is 2. The fourth-order valence-corrected chi connectivity index (χ4v) is 3.67. The fourth-order valence-electron chi connectivity index (χ4n) is 3.67. The van der Waals surface area contributed by atoms with E-state index in [9.17, 15) is 0 Å². The van der Waals surface area contributed by atoms with Crippen molar-refractivity contribution in [1.29, 1.82) is 0 Å². The molecule has 0 spiro atoms. The van der Waals surface area contributed by atoms with E-state index in [1.807, 2.05) is 6.20 Å². The molecule has 120 valence electrons. The molecule has 1 aliphatic carbocycles. The fraction of sp³-hybridized carbons (Fsp3) is 0.824. The molecule has 0 aliphatic heterocycles. The maximum absolute atomic E-state index is 5.58. The van der Waals surface area contributed by atoms with Crippen LogP contribution in [-0.4, -0.2) is 23.4 Å². The predicted molar refractivity (Wildman–Crippen MR) is 86.6 cm³/mol. The van der Waals surface area contributed by atoms with E-state index in [4.69, 9.17) is 4.74 Å². The molecule has 3 atom stereocenters. The van der Waals surface area contributed by atoms with Crippen LogP contribution >= 0.6 is 0 Å². The molecule has 1 aromatic heterocycles. The highest BCUT2D eigenvalue weighted by atomic mass is 16.5. The van der Waals surface area contributed by atoms with Crippen molar-refractivity contribution in [3.63, 3.8) is 0 Å². The SMILES string of the molecule is CCCNC(c1c(OC)cnn1CC)C1CCCC(C)C1. The number of rotatable bonds is 7. The first-order chi connectivity index (χ1) is 10.2. The summed E-state index contributed by atoms with van der Waals surface area (Å²) in [5.41, 5.74) is 1.24. The molecule has 0 amide bonds. The minimum absolute atomic E-state index is 0.366. The first-order valence-electron chi connectivity index (χ1n) is 8.54. The molecule has 0 radical (unpaired) electrons. The lowest BCUT2D eigenvalue weighted by Crippen LogP contribution is -2.33. The van der Waals surface area contributed by atoms with Crippen molar-refractivity contribution in [3.05, 3.63) is 11.9 Å². The zero-order chi connectivity index (χ0) is 15.2. The summed E-state index contributed by atoms with van der Waals surface area (Å²) in [6.45, 7) is 8.70. The van der Waals surface area contributed by atoms with Crippen LogP contribution in [0.1, 0.15) is 64.6 Å². The average molecular weight is 293 g/mol. The largest absolute Gasteiger partial charge is 0.493 e. The van der Waals surface area contributed by atoms with Gasteiger partial charge in [-0.3, -0.25) is 4.68 Å². The van der Waals surface area contributed by atoms with E-state index in [0.717, 1.165) is 31.2 Å².